The molecule has 0 spiro atoms. The van der Waals surface area contributed by atoms with Crippen LogP contribution in [0.4, 0.5) is 5.69 Å². The molecule has 0 radical (unpaired) electrons. The second kappa shape index (κ2) is 7.73. The number of benzene rings is 2. The molecule has 0 aliphatic rings. The number of aromatic nitrogens is 1. The molecule has 0 aliphatic heterocycles. The fourth-order valence-corrected chi connectivity index (χ4v) is 2.78. The van der Waals surface area contributed by atoms with E-state index in [1.807, 2.05) is 30.3 Å². The van der Waals surface area contributed by atoms with Crippen molar-refractivity contribution in [3.63, 3.8) is 0 Å². The maximum absolute atomic E-state index is 12.2. The lowest BCUT2D eigenvalue weighted by atomic mass is 10.1. The Morgan fingerprint density at radius 3 is 2.56 bits per heavy atom. The Bertz CT molecular complexity index is 1070. The van der Waals surface area contributed by atoms with E-state index in [2.05, 4.69) is 10.3 Å². The zero-order valence-corrected chi connectivity index (χ0v) is 15.7. The summed E-state index contributed by atoms with van der Waals surface area (Å²) < 4.78 is 29.7. The fourth-order valence-electron chi connectivity index (χ4n) is 2.43. The molecule has 0 unspecified atom stereocenters. The Kier molecular flexibility index (Phi) is 5.38. The van der Waals surface area contributed by atoms with Gasteiger partial charge >= 0.3 is 0 Å². The van der Waals surface area contributed by atoms with Gasteiger partial charge in [0, 0.05) is 18.6 Å². The highest BCUT2D eigenvalue weighted by Gasteiger charge is 2.16. The zero-order valence-electron chi connectivity index (χ0n) is 14.9. The molecule has 140 valence electrons. The zero-order chi connectivity index (χ0) is 19.4. The second-order valence-corrected chi connectivity index (χ2v) is 8.11. The van der Waals surface area contributed by atoms with Gasteiger partial charge in [-0.1, -0.05) is 18.2 Å². The molecular formula is C19H19N3O4S. The van der Waals surface area contributed by atoms with E-state index in [1.54, 1.807) is 30.5 Å². The number of anilines is 1. The number of hydrogen-bond acceptors (Lipinski definition) is 5. The molecule has 0 saturated carbocycles. The average molecular weight is 385 g/mol. The van der Waals surface area contributed by atoms with E-state index in [1.165, 1.54) is 7.05 Å². The Morgan fingerprint density at radius 1 is 1.11 bits per heavy atom. The number of para-hydroxylation sites is 1. The normalized spacial score (nSPS) is 11.5. The van der Waals surface area contributed by atoms with Crippen LogP contribution in [0.1, 0.15) is 0 Å². The molecule has 8 heteroatoms. The third-order valence-electron chi connectivity index (χ3n) is 3.90. The monoisotopic (exact) mass is 385 g/mol. The topological polar surface area (TPSA) is 88.6 Å². The minimum atomic E-state index is -3.43. The van der Waals surface area contributed by atoms with Crippen LogP contribution in [0.15, 0.2) is 60.8 Å². The van der Waals surface area contributed by atoms with Gasteiger partial charge in [-0.3, -0.25) is 9.78 Å². The quantitative estimate of drug-likeness (QED) is 0.705. The molecular weight excluding hydrogens is 366 g/mol. The maximum Gasteiger partial charge on any atom is 0.239 e. The van der Waals surface area contributed by atoms with E-state index >= 15 is 0 Å². The Morgan fingerprint density at radius 2 is 1.85 bits per heavy atom. The number of sulfonamides is 1. The first-order valence-electron chi connectivity index (χ1n) is 8.16. The highest BCUT2D eigenvalue weighted by molar-refractivity contribution is 7.88. The number of nitrogens with zero attached hydrogens (tertiary/aromatic N) is 2. The van der Waals surface area contributed by atoms with Crippen LogP contribution in [0.25, 0.3) is 10.9 Å². The molecule has 0 atom stereocenters. The molecule has 7 nitrogen and oxygen atoms in total. The number of amides is 1. The van der Waals surface area contributed by atoms with Gasteiger partial charge in [-0.15, -0.1) is 0 Å². The lowest BCUT2D eigenvalue weighted by Crippen LogP contribution is -2.34. The molecule has 1 N–H and O–H groups in total. The molecule has 0 saturated heterocycles. The van der Waals surface area contributed by atoms with Crippen molar-refractivity contribution in [3.05, 3.63) is 60.8 Å². The first-order chi connectivity index (χ1) is 12.8. The maximum atomic E-state index is 12.2. The van der Waals surface area contributed by atoms with E-state index in [-0.39, 0.29) is 6.54 Å². The molecule has 1 amide bonds. The summed E-state index contributed by atoms with van der Waals surface area (Å²) in [5.41, 5.74) is 1.22. The van der Waals surface area contributed by atoms with Gasteiger partial charge < -0.3 is 10.1 Å². The van der Waals surface area contributed by atoms with E-state index < -0.39 is 15.9 Å². The summed E-state index contributed by atoms with van der Waals surface area (Å²) in [6.45, 7) is -0.275. The molecule has 3 rings (SSSR count). The number of likely N-dealkylation sites (N-methyl/N-ethyl adjacent to an activating group) is 1. The van der Waals surface area contributed by atoms with Gasteiger partial charge in [-0.2, -0.15) is 4.31 Å². The number of rotatable bonds is 6. The van der Waals surface area contributed by atoms with E-state index in [0.29, 0.717) is 28.1 Å². The summed E-state index contributed by atoms with van der Waals surface area (Å²) in [5.74, 6) is 0.858. The van der Waals surface area contributed by atoms with Crippen LogP contribution in [0, 0.1) is 0 Å². The van der Waals surface area contributed by atoms with Gasteiger partial charge in [0.2, 0.25) is 15.9 Å². The second-order valence-electron chi connectivity index (χ2n) is 6.02. The first-order valence-corrected chi connectivity index (χ1v) is 10.0. The lowest BCUT2D eigenvalue weighted by molar-refractivity contribution is -0.116. The summed E-state index contributed by atoms with van der Waals surface area (Å²) in [7, 11) is -2.08. The predicted octanol–water partition coefficient (Wildman–Crippen LogP) is 2.86. The number of carbonyl (C=O) groups excluding carboxylic acids is 1. The lowest BCUT2D eigenvalue weighted by Gasteiger charge is -2.15. The predicted molar refractivity (Wildman–Crippen MR) is 104 cm³/mol. The van der Waals surface area contributed by atoms with Crippen molar-refractivity contribution >= 4 is 32.5 Å². The van der Waals surface area contributed by atoms with Crippen molar-refractivity contribution < 1.29 is 17.9 Å². The van der Waals surface area contributed by atoms with Crippen molar-refractivity contribution in [1.29, 1.82) is 0 Å². The van der Waals surface area contributed by atoms with Crippen LogP contribution < -0.4 is 10.1 Å². The van der Waals surface area contributed by atoms with E-state index in [9.17, 15) is 13.2 Å². The number of nitrogens with one attached hydrogen (secondary N) is 1. The molecule has 0 aliphatic carbocycles. The number of hydrogen-bond donors (Lipinski definition) is 1. The summed E-state index contributed by atoms with van der Waals surface area (Å²) in [5, 5.41) is 3.43. The van der Waals surface area contributed by atoms with Crippen LogP contribution >= 0.6 is 0 Å². The number of pyridine rings is 1. The van der Waals surface area contributed by atoms with Crippen LogP contribution in [0.2, 0.25) is 0 Å². The summed E-state index contributed by atoms with van der Waals surface area (Å²) in [4.78, 5) is 16.5. The van der Waals surface area contributed by atoms with E-state index in [0.717, 1.165) is 10.6 Å². The smallest absolute Gasteiger partial charge is 0.239 e. The SMILES string of the molecule is CN(CC(=O)Nc1ccnc2ccc(Oc3ccccc3)cc12)S(C)(=O)=O. The minimum Gasteiger partial charge on any atom is -0.457 e. The molecule has 27 heavy (non-hydrogen) atoms. The summed E-state index contributed by atoms with van der Waals surface area (Å²) in [6, 6.07) is 16.4. The van der Waals surface area contributed by atoms with Gasteiger partial charge in [-0.25, -0.2) is 8.42 Å². The largest absolute Gasteiger partial charge is 0.457 e. The van der Waals surface area contributed by atoms with Crippen molar-refractivity contribution in [2.75, 3.05) is 25.2 Å². The van der Waals surface area contributed by atoms with Crippen molar-refractivity contribution in [2.24, 2.45) is 0 Å². The molecule has 0 fully saturated rings. The van der Waals surface area contributed by atoms with Crippen molar-refractivity contribution in [1.82, 2.24) is 9.29 Å². The highest BCUT2D eigenvalue weighted by Crippen LogP contribution is 2.28. The van der Waals surface area contributed by atoms with Crippen LogP contribution in [-0.2, 0) is 14.8 Å². The Balaban J connectivity index is 1.85. The molecule has 3 aromatic rings. The molecule has 1 heterocycles. The molecule has 0 bridgehead atoms. The average Bonchev–Trinajstić information content (AvgIpc) is 2.62. The van der Waals surface area contributed by atoms with Gasteiger partial charge in [0.05, 0.1) is 24.0 Å². The van der Waals surface area contributed by atoms with Crippen LogP contribution in [0.3, 0.4) is 0 Å². The first kappa shape index (κ1) is 18.8. The fraction of sp³-hybridized carbons (Fsp3) is 0.158. The summed E-state index contributed by atoms with van der Waals surface area (Å²) in [6.07, 6.45) is 2.63. The third-order valence-corrected chi connectivity index (χ3v) is 5.16. The molecule has 2 aromatic carbocycles. The Labute approximate surface area is 157 Å². The number of fused-ring (bicyclic) bond motifs is 1. The number of ether oxygens (including phenoxy) is 1. The van der Waals surface area contributed by atoms with Crippen molar-refractivity contribution in [3.8, 4) is 11.5 Å². The Hall–Kier alpha value is -2.97. The van der Waals surface area contributed by atoms with Gasteiger partial charge in [0.1, 0.15) is 11.5 Å². The standard InChI is InChI=1S/C19H19N3O4S/c1-22(27(2,24)25)13-19(23)21-18-10-11-20-17-9-8-15(12-16(17)18)26-14-6-4-3-5-7-14/h3-12H,13H2,1-2H3,(H,20,21,23). The minimum absolute atomic E-state index is 0.275. The summed E-state index contributed by atoms with van der Waals surface area (Å²) >= 11 is 0. The van der Waals surface area contributed by atoms with Gasteiger partial charge in [-0.05, 0) is 36.4 Å². The molecule has 1 aromatic heterocycles. The third kappa shape index (κ3) is 4.81. The van der Waals surface area contributed by atoms with Crippen LogP contribution in [-0.4, -0.2) is 43.5 Å². The van der Waals surface area contributed by atoms with Crippen LogP contribution in [0.5, 0.6) is 11.5 Å². The van der Waals surface area contributed by atoms with Gasteiger partial charge in [0.15, 0.2) is 0 Å². The number of carbonyl (C=O) groups is 1. The van der Waals surface area contributed by atoms with E-state index in [4.69, 9.17) is 4.74 Å². The highest BCUT2D eigenvalue weighted by atomic mass is 32.2. The van der Waals surface area contributed by atoms with Crippen molar-refractivity contribution in [2.45, 2.75) is 0 Å². The van der Waals surface area contributed by atoms with Gasteiger partial charge in [0.25, 0.3) is 0 Å².